The van der Waals surface area contributed by atoms with E-state index in [0.29, 0.717) is 5.75 Å². The van der Waals surface area contributed by atoms with Gasteiger partial charge in [-0.3, -0.25) is 0 Å². The van der Waals surface area contributed by atoms with Crippen LogP contribution in [-0.2, 0) is 0 Å². The number of thiazole rings is 1. The van der Waals surface area contributed by atoms with Gasteiger partial charge in [-0.2, -0.15) is 0 Å². The molecule has 94 valence electrons. The zero-order valence-electron chi connectivity index (χ0n) is 10.2. The van der Waals surface area contributed by atoms with Crippen LogP contribution in [0.4, 0.5) is 4.79 Å². The summed E-state index contributed by atoms with van der Waals surface area (Å²) in [5.74, 6) is 0.525. The maximum Gasteiger partial charge on any atom is 0.413 e. The molecule has 1 N–H and O–H groups in total. The van der Waals surface area contributed by atoms with E-state index in [1.807, 2.05) is 37.4 Å². The molecule has 0 aliphatic heterocycles. The van der Waals surface area contributed by atoms with E-state index in [-0.39, 0.29) is 6.04 Å². The van der Waals surface area contributed by atoms with E-state index in [2.05, 4.69) is 10.3 Å². The third-order valence-electron chi connectivity index (χ3n) is 2.37. The van der Waals surface area contributed by atoms with E-state index < -0.39 is 6.09 Å². The number of benzene rings is 1. The molecule has 1 aromatic carbocycles. The smallest absolute Gasteiger partial charge is 0.410 e. The van der Waals surface area contributed by atoms with Crippen LogP contribution in [-0.4, -0.2) is 11.1 Å². The minimum Gasteiger partial charge on any atom is -0.410 e. The number of amides is 1. The fourth-order valence-electron chi connectivity index (χ4n) is 1.45. The first kappa shape index (κ1) is 12.6. The molecule has 0 bridgehead atoms. The van der Waals surface area contributed by atoms with Crippen molar-refractivity contribution in [3.63, 3.8) is 0 Å². The Balaban J connectivity index is 1.92. The molecule has 1 unspecified atom stereocenters. The number of nitrogens with one attached hydrogen (secondary N) is 1. The van der Waals surface area contributed by atoms with Crippen molar-refractivity contribution in [1.29, 1.82) is 0 Å². The Hall–Kier alpha value is -1.88. The second-order valence-electron chi connectivity index (χ2n) is 3.86. The number of rotatable bonds is 3. The van der Waals surface area contributed by atoms with Gasteiger partial charge < -0.3 is 10.1 Å². The number of carbonyl (C=O) groups excluding carboxylic acids is 1. The van der Waals surface area contributed by atoms with Gasteiger partial charge in [0.2, 0.25) is 0 Å². The predicted octanol–water partition coefficient (Wildman–Crippen LogP) is 3.30. The number of ether oxygens (including phenoxy) is 1. The molecule has 0 saturated heterocycles. The van der Waals surface area contributed by atoms with Crippen LogP contribution in [0.1, 0.15) is 23.7 Å². The zero-order chi connectivity index (χ0) is 13.0. The molecule has 0 aliphatic rings. The van der Waals surface area contributed by atoms with Crippen LogP contribution in [0.15, 0.2) is 35.7 Å². The third kappa shape index (κ3) is 3.30. The van der Waals surface area contributed by atoms with Crippen molar-refractivity contribution in [2.75, 3.05) is 0 Å². The van der Waals surface area contributed by atoms with Crippen molar-refractivity contribution in [2.45, 2.75) is 19.9 Å². The average Bonchev–Trinajstić information content (AvgIpc) is 2.77. The van der Waals surface area contributed by atoms with Crippen LogP contribution in [0.25, 0.3) is 0 Å². The summed E-state index contributed by atoms with van der Waals surface area (Å²) in [4.78, 5) is 16.0. The van der Waals surface area contributed by atoms with Crippen molar-refractivity contribution in [2.24, 2.45) is 0 Å². The number of para-hydroxylation sites is 1. The fraction of sp³-hybridized carbons (Fsp3) is 0.231. The molecule has 1 heterocycles. The molecule has 4 nitrogen and oxygen atoms in total. The summed E-state index contributed by atoms with van der Waals surface area (Å²) in [6.45, 7) is 3.81. The molecule has 1 atom stereocenters. The van der Waals surface area contributed by atoms with Gasteiger partial charge in [-0.25, -0.2) is 9.78 Å². The highest BCUT2D eigenvalue weighted by atomic mass is 32.1. The number of hydrogen-bond acceptors (Lipinski definition) is 4. The molecular weight excluding hydrogens is 248 g/mol. The van der Waals surface area contributed by atoms with Gasteiger partial charge in [-0.05, 0) is 26.0 Å². The van der Waals surface area contributed by atoms with Gasteiger partial charge in [-0.15, -0.1) is 11.3 Å². The summed E-state index contributed by atoms with van der Waals surface area (Å²) in [7, 11) is 0. The van der Waals surface area contributed by atoms with Crippen LogP contribution in [0.5, 0.6) is 5.75 Å². The molecule has 1 aromatic heterocycles. The zero-order valence-corrected chi connectivity index (χ0v) is 11.0. The summed E-state index contributed by atoms with van der Waals surface area (Å²) in [5.41, 5.74) is 0.850. The quantitative estimate of drug-likeness (QED) is 0.923. The molecule has 1 amide bonds. The molecule has 0 radical (unpaired) electrons. The lowest BCUT2D eigenvalue weighted by Crippen LogP contribution is -2.29. The Morgan fingerprint density at radius 1 is 1.39 bits per heavy atom. The second kappa shape index (κ2) is 5.64. The Bertz CT molecular complexity index is 525. The van der Waals surface area contributed by atoms with Crippen molar-refractivity contribution >= 4 is 17.4 Å². The molecule has 0 aliphatic carbocycles. The molecule has 0 spiro atoms. The van der Waals surface area contributed by atoms with E-state index in [1.165, 1.54) is 0 Å². The Morgan fingerprint density at radius 2 is 2.11 bits per heavy atom. The lowest BCUT2D eigenvalue weighted by atomic mass is 10.3. The lowest BCUT2D eigenvalue weighted by molar-refractivity contribution is 0.196. The van der Waals surface area contributed by atoms with Gasteiger partial charge in [-0.1, -0.05) is 18.2 Å². The van der Waals surface area contributed by atoms with E-state index in [0.717, 1.165) is 10.7 Å². The first-order valence-electron chi connectivity index (χ1n) is 5.60. The molecule has 0 fully saturated rings. The highest BCUT2D eigenvalue weighted by Crippen LogP contribution is 2.16. The predicted molar refractivity (Wildman–Crippen MR) is 70.9 cm³/mol. The standard InChI is InChI=1S/C13H14N2O2S/c1-9(12-8-18-10(2)15-12)14-13(16)17-11-6-4-3-5-7-11/h3-9H,1-2H3,(H,14,16). The van der Waals surface area contributed by atoms with Crippen molar-refractivity contribution in [3.05, 3.63) is 46.4 Å². The summed E-state index contributed by atoms with van der Waals surface area (Å²) >= 11 is 1.56. The van der Waals surface area contributed by atoms with Crippen molar-refractivity contribution < 1.29 is 9.53 Å². The number of aryl methyl sites for hydroxylation is 1. The number of nitrogens with zero attached hydrogens (tertiary/aromatic N) is 1. The highest BCUT2D eigenvalue weighted by Gasteiger charge is 2.13. The maximum atomic E-state index is 11.6. The Morgan fingerprint density at radius 3 is 2.72 bits per heavy atom. The Kier molecular flexibility index (Phi) is 3.94. The van der Waals surface area contributed by atoms with Crippen LogP contribution >= 0.6 is 11.3 Å². The van der Waals surface area contributed by atoms with Gasteiger partial charge in [0, 0.05) is 5.38 Å². The number of aromatic nitrogens is 1. The molecule has 18 heavy (non-hydrogen) atoms. The van der Waals surface area contributed by atoms with Crippen LogP contribution in [0.2, 0.25) is 0 Å². The van der Waals surface area contributed by atoms with Crippen molar-refractivity contribution in [3.8, 4) is 5.75 Å². The third-order valence-corrected chi connectivity index (χ3v) is 3.16. The van der Waals surface area contributed by atoms with Gasteiger partial charge in [0.05, 0.1) is 16.7 Å². The molecule has 2 rings (SSSR count). The first-order valence-corrected chi connectivity index (χ1v) is 6.48. The SMILES string of the molecule is Cc1nc(C(C)NC(=O)Oc2ccccc2)cs1. The summed E-state index contributed by atoms with van der Waals surface area (Å²) in [6.07, 6.45) is -0.473. The van der Waals surface area contributed by atoms with Gasteiger partial charge in [0.1, 0.15) is 5.75 Å². The molecule has 5 heteroatoms. The van der Waals surface area contributed by atoms with E-state index in [9.17, 15) is 4.79 Å². The number of hydrogen-bond donors (Lipinski definition) is 1. The van der Waals surface area contributed by atoms with Crippen LogP contribution in [0.3, 0.4) is 0 Å². The fourth-order valence-corrected chi connectivity index (χ4v) is 2.16. The minimum atomic E-state index is -0.473. The summed E-state index contributed by atoms with van der Waals surface area (Å²) in [5, 5.41) is 5.66. The van der Waals surface area contributed by atoms with Gasteiger partial charge in [0.15, 0.2) is 0 Å². The van der Waals surface area contributed by atoms with E-state index >= 15 is 0 Å². The number of carbonyl (C=O) groups is 1. The van der Waals surface area contributed by atoms with E-state index in [1.54, 1.807) is 23.5 Å². The second-order valence-corrected chi connectivity index (χ2v) is 4.92. The average molecular weight is 262 g/mol. The summed E-state index contributed by atoms with van der Waals surface area (Å²) in [6, 6.07) is 8.80. The molecular formula is C13H14N2O2S. The minimum absolute atomic E-state index is 0.161. The van der Waals surface area contributed by atoms with Crippen molar-refractivity contribution in [1.82, 2.24) is 10.3 Å². The summed E-state index contributed by atoms with van der Waals surface area (Å²) < 4.78 is 5.14. The topological polar surface area (TPSA) is 51.2 Å². The monoisotopic (exact) mass is 262 g/mol. The van der Waals surface area contributed by atoms with Crippen LogP contribution < -0.4 is 10.1 Å². The first-order chi connectivity index (χ1) is 8.65. The normalized spacial score (nSPS) is 11.9. The largest absolute Gasteiger partial charge is 0.413 e. The van der Waals surface area contributed by atoms with Gasteiger partial charge >= 0.3 is 6.09 Å². The maximum absolute atomic E-state index is 11.6. The Labute approximate surface area is 110 Å². The van der Waals surface area contributed by atoms with Crippen LogP contribution in [0, 0.1) is 6.92 Å². The molecule has 0 saturated carbocycles. The van der Waals surface area contributed by atoms with Gasteiger partial charge in [0.25, 0.3) is 0 Å². The van der Waals surface area contributed by atoms with E-state index in [4.69, 9.17) is 4.74 Å². The highest BCUT2D eigenvalue weighted by molar-refractivity contribution is 7.09. The lowest BCUT2D eigenvalue weighted by Gasteiger charge is -2.11. The molecule has 2 aromatic rings.